The van der Waals surface area contributed by atoms with Crippen LogP contribution in [0.2, 0.25) is 0 Å². The van der Waals surface area contributed by atoms with E-state index in [9.17, 15) is 21.6 Å². The highest BCUT2D eigenvalue weighted by Crippen LogP contribution is 2.33. The van der Waals surface area contributed by atoms with Gasteiger partial charge in [-0.15, -0.1) is 0 Å². The number of para-hydroxylation sites is 1. The van der Waals surface area contributed by atoms with E-state index in [2.05, 4.69) is 15.0 Å². The predicted octanol–water partition coefficient (Wildman–Crippen LogP) is 4.84. The summed E-state index contributed by atoms with van der Waals surface area (Å²) in [6.07, 6.45) is -2.90. The molecule has 0 saturated carbocycles. The number of piperazine rings is 1. The van der Waals surface area contributed by atoms with Crippen LogP contribution in [-0.2, 0) is 16.2 Å². The summed E-state index contributed by atoms with van der Waals surface area (Å²) >= 11 is 0. The van der Waals surface area contributed by atoms with Crippen LogP contribution < -0.4 is 4.90 Å². The van der Waals surface area contributed by atoms with Crippen molar-refractivity contribution >= 4 is 26.7 Å². The molecule has 0 spiro atoms. The second-order valence-electron chi connectivity index (χ2n) is 8.88. The molecule has 0 N–H and O–H groups in total. The Kier molecular flexibility index (Phi) is 6.36. The van der Waals surface area contributed by atoms with Crippen LogP contribution in [0.25, 0.3) is 22.3 Å². The number of hydrogen-bond acceptors (Lipinski definition) is 6. The summed E-state index contributed by atoms with van der Waals surface area (Å²) in [5.74, 6) is 0.782. The van der Waals surface area contributed by atoms with Crippen molar-refractivity contribution in [1.82, 2.24) is 19.3 Å². The molecule has 2 aromatic carbocycles. The van der Waals surface area contributed by atoms with E-state index in [1.165, 1.54) is 10.4 Å². The van der Waals surface area contributed by atoms with Crippen LogP contribution in [0.5, 0.6) is 0 Å². The third-order valence-electron chi connectivity index (χ3n) is 6.56. The van der Waals surface area contributed by atoms with Crippen molar-refractivity contribution in [2.75, 3.05) is 31.1 Å². The van der Waals surface area contributed by atoms with Gasteiger partial charge in [0.05, 0.1) is 11.1 Å². The number of benzene rings is 2. The summed E-state index contributed by atoms with van der Waals surface area (Å²) in [6, 6.07) is 13.6. The Morgan fingerprint density at radius 3 is 2.32 bits per heavy atom. The summed E-state index contributed by atoms with van der Waals surface area (Å²) in [5.41, 5.74) is 1.37. The normalized spacial score (nSPS) is 15.3. The van der Waals surface area contributed by atoms with Gasteiger partial charge in [0, 0.05) is 54.6 Å². The Morgan fingerprint density at radius 1 is 0.892 bits per heavy atom. The molecule has 5 rings (SSSR count). The second kappa shape index (κ2) is 9.38. The van der Waals surface area contributed by atoms with Crippen LogP contribution in [0, 0.1) is 13.8 Å². The summed E-state index contributed by atoms with van der Waals surface area (Å²) in [4.78, 5) is 15.4. The van der Waals surface area contributed by atoms with Crippen molar-refractivity contribution in [1.29, 1.82) is 0 Å². The SMILES string of the molecule is Cc1nc(-c2cccc(C(F)(F)F)c2)nc(N2CCN(S(=O)(=O)c3cccc4cccnc34)CC2)c1C. The molecule has 2 aromatic heterocycles. The molecular weight excluding hydrogens is 503 g/mol. The fourth-order valence-electron chi connectivity index (χ4n) is 4.45. The number of fused-ring (bicyclic) bond motifs is 1. The van der Waals surface area contributed by atoms with Crippen molar-refractivity contribution in [2.45, 2.75) is 24.9 Å². The number of aryl methyl sites for hydroxylation is 1. The largest absolute Gasteiger partial charge is 0.416 e. The van der Waals surface area contributed by atoms with Crippen molar-refractivity contribution in [2.24, 2.45) is 0 Å². The quantitative estimate of drug-likeness (QED) is 0.378. The number of pyridine rings is 1. The van der Waals surface area contributed by atoms with Gasteiger partial charge in [-0.05, 0) is 38.1 Å². The molecule has 11 heteroatoms. The zero-order chi connectivity index (χ0) is 26.4. The molecule has 4 aromatic rings. The van der Waals surface area contributed by atoms with Gasteiger partial charge in [0.25, 0.3) is 0 Å². The van der Waals surface area contributed by atoms with E-state index < -0.39 is 21.8 Å². The summed E-state index contributed by atoms with van der Waals surface area (Å²) in [7, 11) is -3.78. The van der Waals surface area contributed by atoms with E-state index in [1.54, 1.807) is 37.4 Å². The smallest absolute Gasteiger partial charge is 0.354 e. The Morgan fingerprint density at radius 2 is 1.59 bits per heavy atom. The molecule has 0 unspecified atom stereocenters. The van der Waals surface area contributed by atoms with Crippen LogP contribution in [-0.4, -0.2) is 53.9 Å². The van der Waals surface area contributed by atoms with Gasteiger partial charge in [-0.2, -0.15) is 17.5 Å². The molecule has 0 atom stereocenters. The molecule has 1 fully saturated rings. The molecule has 3 heterocycles. The number of halogens is 3. The Hall–Kier alpha value is -3.57. The molecule has 0 radical (unpaired) electrons. The van der Waals surface area contributed by atoms with Crippen LogP contribution in [0.1, 0.15) is 16.8 Å². The maximum Gasteiger partial charge on any atom is 0.416 e. The lowest BCUT2D eigenvalue weighted by atomic mass is 10.1. The first kappa shape index (κ1) is 25.1. The fraction of sp³-hybridized carbons (Fsp3) is 0.269. The average molecular weight is 528 g/mol. The van der Waals surface area contributed by atoms with Crippen LogP contribution in [0.3, 0.4) is 0 Å². The Balaban J connectivity index is 1.41. The lowest BCUT2D eigenvalue weighted by Gasteiger charge is -2.35. The van der Waals surface area contributed by atoms with Gasteiger partial charge >= 0.3 is 6.18 Å². The molecule has 192 valence electrons. The number of nitrogens with zero attached hydrogens (tertiary/aromatic N) is 5. The van der Waals surface area contributed by atoms with E-state index in [1.807, 2.05) is 24.0 Å². The molecule has 1 aliphatic heterocycles. The van der Waals surface area contributed by atoms with E-state index in [4.69, 9.17) is 0 Å². The first-order chi connectivity index (χ1) is 17.6. The van der Waals surface area contributed by atoms with Crippen molar-refractivity contribution < 1.29 is 21.6 Å². The van der Waals surface area contributed by atoms with Gasteiger partial charge in [-0.25, -0.2) is 18.4 Å². The number of rotatable bonds is 4. The highest BCUT2D eigenvalue weighted by atomic mass is 32.2. The van der Waals surface area contributed by atoms with Crippen LogP contribution >= 0.6 is 0 Å². The first-order valence-electron chi connectivity index (χ1n) is 11.7. The van der Waals surface area contributed by atoms with Crippen molar-refractivity contribution in [3.8, 4) is 11.4 Å². The van der Waals surface area contributed by atoms with E-state index in [-0.39, 0.29) is 29.4 Å². The summed E-state index contributed by atoms with van der Waals surface area (Å²) in [6.45, 7) is 4.84. The topological polar surface area (TPSA) is 79.3 Å². The van der Waals surface area contributed by atoms with Gasteiger partial charge in [-0.3, -0.25) is 4.98 Å². The van der Waals surface area contributed by atoms with Gasteiger partial charge in [0.1, 0.15) is 10.7 Å². The lowest BCUT2D eigenvalue weighted by Crippen LogP contribution is -2.49. The molecule has 7 nitrogen and oxygen atoms in total. The van der Waals surface area contributed by atoms with Crippen molar-refractivity contribution in [3.05, 3.63) is 77.6 Å². The molecule has 0 amide bonds. The molecule has 0 aliphatic carbocycles. The monoisotopic (exact) mass is 527 g/mol. The predicted molar refractivity (Wildman–Crippen MR) is 135 cm³/mol. The van der Waals surface area contributed by atoms with E-state index in [0.717, 1.165) is 23.1 Å². The Labute approximate surface area is 212 Å². The number of sulfonamides is 1. The summed E-state index contributed by atoms with van der Waals surface area (Å²) in [5, 5.41) is 0.747. The standard InChI is InChI=1S/C26H24F3N5O2S/c1-17-18(2)31-24(20-7-3-9-21(16-20)26(27,28)29)32-25(17)33-12-14-34(15-13-33)37(35,36)22-10-4-6-19-8-5-11-30-23(19)22/h3-11,16H,12-15H2,1-2H3. The zero-order valence-electron chi connectivity index (χ0n) is 20.2. The van der Waals surface area contributed by atoms with Gasteiger partial charge in [-0.1, -0.05) is 30.3 Å². The van der Waals surface area contributed by atoms with Crippen LogP contribution in [0.4, 0.5) is 19.0 Å². The zero-order valence-corrected chi connectivity index (χ0v) is 21.0. The molecule has 1 saturated heterocycles. The van der Waals surface area contributed by atoms with Gasteiger partial charge in [0.2, 0.25) is 10.0 Å². The number of anilines is 1. The fourth-order valence-corrected chi connectivity index (χ4v) is 6.04. The van der Waals surface area contributed by atoms with Crippen molar-refractivity contribution in [3.63, 3.8) is 0 Å². The highest BCUT2D eigenvalue weighted by molar-refractivity contribution is 7.89. The molecule has 1 aliphatic rings. The maximum absolute atomic E-state index is 13.5. The third kappa shape index (κ3) is 4.76. The maximum atomic E-state index is 13.5. The lowest BCUT2D eigenvalue weighted by molar-refractivity contribution is -0.137. The minimum atomic E-state index is -4.47. The summed E-state index contributed by atoms with van der Waals surface area (Å²) < 4.78 is 68.1. The first-order valence-corrected chi connectivity index (χ1v) is 13.1. The molecule has 0 bridgehead atoms. The number of aromatic nitrogens is 3. The van der Waals surface area contributed by atoms with Crippen LogP contribution in [0.15, 0.2) is 65.7 Å². The average Bonchev–Trinajstić information content (AvgIpc) is 2.89. The third-order valence-corrected chi connectivity index (χ3v) is 8.49. The highest BCUT2D eigenvalue weighted by Gasteiger charge is 2.32. The molecule has 37 heavy (non-hydrogen) atoms. The number of hydrogen-bond donors (Lipinski definition) is 0. The minimum Gasteiger partial charge on any atom is -0.354 e. The molecular formula is C26H24F3N5O2S. The number of alkyl halides is 3. The van der Waals surface area contributed by atoms with Gasteiger partial charge < -0.3 is 4.90 Å². The minimum absolute atomic E-state index is 0.167. The second-order valence-corrected chi connectivity index (χ2v) is 10.8. The van der Waals surface area contributed by atoms with E-state index in [0.29, 0.717) is 30.1 Å². The Bertz CT molecular complexity index is 1580. The van der Waals surface area contributed by atoms with E-state index >= 15 is 0 Å². The van der Waals surface area contributed by atoms with Gasteiger partial charge in [0.15, 0.2) is 5.82 Å².